The van der Waals surface area contributed by atoms with Gasteiger partial charge in [-0.1, -0.05) is 49.0 Å². The molecule has 0 aliphatic heterocycles. The fraction of sp³-hybridized carbons (Fsp3) is 0.385. The molecular weight excluding hydrogens is 390 g/mol. The third kappa shape index (κ3) is 5.37. The molecule has 2 aromatic rings. The summed E-state index contributed by atoms with van der Waals surface area (Å²) in [6, 6.07) is 12.4. The predicted molar refractivity (Wildman–Crippen MR) is 128 cm³/mol. The number of ether oxygens (including phenoxy) is 1. The molecule has 0 fully saturated rings. The number of hydrogen-bond acceptors (Lipinski definition) is 3. The SMILES string of the molecule is CCCN(CC1=Cc2cc(C)cc(C)c2CC1=O)C(=S)Cc1ccc(OCC)cc1. The molecule has 0 aromatic heterocycles. The molecule has 0 bridgehead atoms. The first-order chi connectivity index (χ1) is 14.4. The Bertz CT molecular complexity index is 960. The number of thiocarbonyl (C=S) groups is 1. The van der Waals surface area contributed by atoms with Gasteiger partial charge in [-0.25, -0.2) is 0 Å². The summed E-state index contributed by atoms with van der Waals surface area (Å²) in [7, 11) is 0. The normalized spacial score (nSPS) is 12.9. The number of fused-ring (bicyclic) bond motifs is 1. The van der Waals surface area contributed by atoms with E-state index in [9.17, 15) is 4.79 Å². The van der Waals surface area contributed by atoms with Crippen LogP contribution < -0.4 is 4.74 Å². The van der Waals surface area contributed by atoms with Gasteiger partial charge in [0.2, 0.25) is 0 Å². The minimum atomic E-state index is 0.208. The Balaban J connectivity index is 1.76. The van der Waals surface area contributed by atoms with Crippen LogP contribution in [0.25, 0.3) is 6.08 Å². The minimum Gasteiger partial charge on any atom is -0.494 e. The van der Waals surface area contributed by atoms with Crippen molar-refractivity contribution >= 4 is 29.1 Å². The summed E-state index contributed by atoms with van der Waals surface area (Å²) in [5, 5.41) is 0. The van der Waals surface area contributed by atoms with Crippen LogP contribution in [0.5, 0.6) is 5.75 Å². The highest BCUT2D eigenvalue weighted by Gasteiger charge is 2.23. The lowest BCUT2D eigenvalue weighted by molar-refractivity contribution is -0.115. The quantitative estimate of drug-likeness (QED) is 0.527. The van der Waals surface area contributed by atoms with Gasteiger partial charge in [0.15, 0.2) is 5.78 Å². The molecule has 3 nitrogen and oxygen atoms in total. The van der Waals surface area contributed by atoms with Gasteiger partial charge in [-0.3, -0.25) is 4.79 Å². The molecule has 0 heterocycles. The number of hydrogen-bond donors (Lipinski definition) is 0. The van der Waals surface area contributed by atoms with Crippen LogP contribution in [-0.4, -0.2) is 35.4 Å². The second-order valence-electron chi connectivity index (χ2n) is 7.99. The molecule has 0 saturated heterocycles. The summed E-state index contributed by atoms with van der Waals surface area (Å²) in [6.45, 7) is 10.4. The molecule has 0 unspecified atom stereocenters. The van der Waals surface area contributed by atoms with Crippen molar-refractivity contribution in [3.8, 4) is 5.75 Å². The fourth-order valence-electron chi connectivity index (χ4n) is 4.00. The zero-order valence-corrected chi connectivity index (χ0v) is 19.3. The number of rotatable bonds is 8. The summed E-state index contributed by atoms with van der Waals surface area (Å²) in [5.41, 5.74) is 6.78. The largest absolute Gasteiger partial charge is 0.494 e. The lowest BCUT2D eigenvalue weighted by Crippen LogP contribution is -2.35. The molecule has 30 heavy (non-hydrogen) atoms. The van der Waals surface area contributed by atoms with Crippen LogP contribution in [0.1, 0.15) is 48.1 Å². The summed E-state index contributed by atoms with van der Waals surface area (Å²) in [6.07, 6.45) is 4.24. The Hall–Kier alpha value is -2.46. The second-order valence-corrected chi connectivity index (χ2v) is 8.46. The van der Waals surface area contributed by atoms with Crippen LogP contribution in [0.15, 0.2) is 42.0 Å². The van der Waals surface area contributed by atoms with Crippen molar-refractivity contribution in [2.45, 2.75) is 47.0 Å². The molecule has 2 aromatic carbocycles. The number of carbonyl (C=O) groups excluding carboxylic acids is 1. The number of aryl methyl sites for hydroxylation is 2. The molecule has 0 spiro atoms. The van der Waals surface area contributed by atoms with Crippen LogP contribution in [0.2, 0.25) is 0 Å². The first kappa shape index (κ1) is 22.2. The average molecular weight is 422 g/mol. The van der Waals surface area contributed by atoms with Crippen molar-refractivity contribution in [2.24, 2.45) is 0 Å². The Kier molecular flexibility index (Phi) is 7.43. The minimum absolute atomic E-state index is 0.208. The number of carbonyl (C=O) groups is 1. The molecule has 0 saturated carbocycles. The highest BCUT2D eigenvalue weighted by Crippen LogP contribution is 2.27. The van der Waals surface area contributed by atoms with E-state index in [4.69, 9.17) is 17.0 Å². The number of Topliss-reactive ketones (excluding diaryl/α,β-unsaturated/α-hetero) is 1. The smallest absolute Gasteiger partial charge is 0.165 e. The summed E-state index contributed by atoms with van der Waals surface area (Å²) >= 11 is 5.79. The van der Waals surface area contributed by atoms with E-state index in [-0.39, 0.29) is 5.78 Å². The maximum Gasteiger partial charge on any atom is 0.165 e. The van der Waals surface area contributed by atoms with E-state index >= 15 is 0 Å². The average Bonchev–Trinajstić information content (AvgIpc) is 2.70. The second kappa shape index (κ2) is 10.0. The van der Waals surface area contributed by atoms with Gasteiger partial charge in [-0.05, 0) is 67.7 Å². The van der Waals surface area contributed by atoms with Crippen molar-refractivity contribution in [2.75, 3.05) is 19.7 Å². The molecule has 1 aliphatic carbocycles. The Morgan fingerprint density at radius 3 is 2.53 bits per heavy atom. The number of ketones is 1. The first-order valence-corrected chi connectivity index (χ1v) is 11.2. The third-order valence-corrected chi connectivity index (χ3v) is 5.88. The lowest BCUT2D eigenvalue weighted by atomic mass is 9.87. The van der Waals surface area contributed by atoms with Crippen LogP contribution in [0.4, 0.5) is 0 Å². The Morgan fingerprint density at radius 2 is 1.87 bits per heavy atom. The van der Waals surface area contributed by atoms with Crippen molar-refractivity contribution < 1.29 is 9.53 Å². The van der Waals surface area contributed by atoms with Gasteiger partial charge in [0.05, 0.1) is 11.6 Å². The van der Waals surface area contributed by atoms with Crippen LogP contribution in [0, 0.1) is 13.8 Å². The molecule has 4 heteroatoms. The van der Waals surface area contributed by atoms with Crippen molar-refractivity contribution in [1.82, 2.24) is 4.90 Å². The van der Waals surface area contributed by atoms with Gasteiger partial charge in [0.1, 0.15) is 5.75 Å². The van der Waals surface area contributed by atoms with Gasteiger partial charge >= 0.3 is 0 Å². The maximum absolute atomic E-state index is 12.9. The van der Waals surface area contributed by atoms with Gasteiger partial charge in [0.25, 0.3) is 0 Å². The predicted octanol–water partition coefficient (Wildman–Crippen LogP) is 5.49. The van der Waals surface area contributed by atoms with E-state index in [1.807, 2.05) is 19.1 Å². The van der Waals surface area contributed by atoms with E-state index in [0.29, 0.717) is 26.0 Å². The lowest BCUT2D eigenvalue weighted by Gasteiger charge is -2.28. The molecule has 0 amide bonds. The van der Waals surface area contributed by atoms with E-state index in [1.54, 1.807) is 0 Å². The molecule has 1 aliphatic rings. The van der Waals surface area contributed by atoms with Crippen LogP contribution >= 0.6 is 12.2 Å². The third-order valence-electron chi connectivity index (χ3n) is 5.47. The van der Waals surface area contributed by atoms with Gasteiger partial charge in [0, 0.05) is 31.5 Å². The van der Waals surface area contributed by atoms with Crippen molar-refractivity contribution in [1.29, 1.82) is 0 Å². The summed E-state index contributed by atoms with van der Waals surface area (Å²) < 4.78 is 5.52. The number of nitrogens with zero attached hydrogens (tertiary/aromatic N) is 1. The van der Waals surface area contributed by atoms with Gasteiger partial charge < -0.3 is 9.64 Å². The zero-order chi connectivity index (χ0) is 21.7. The Labute approximate surface area is 185 Å². The van der Waals surface area contributed by atoms with E-state index in [2.05, 4.69) is 56.0 Å². The molecular formula is C26H31NO2S. The van der Waals surface area contributed by atoms with Crippen LogP contribution in [-0.2, 0) is 17.6 Å². The van der Waals surface area contributed by atoms with Gasteiger partial charge in [-0.2, -0.15) is 0 Å². The topological polar surface area (TPSA) is 29.5 Å². The monoisotopic (exact) mass is 421 g/mol. The van der Waals surface area contributed by atoms with E-state index < -0.39 is 0 Å². The first-order valence-electron chi connectivity index (χ1n) is 10.7. The van der Waals surface area contributed by atoms with E-state index in [0.717, 1.165) is 40.4 Å². The standard InChI is InChI=1S/C26H31NO2S/c1-5-11-27(26(30)14-20-7-9-23(10-8-20)29-6-2)17-22-15-21-13-18(3)12-19(4)24(21)16-25(22)28/h7-10,12-13,15H,5-6,11,14,16-17H2,1-4H3. The molecule has 158 valence electrons. The highest BCUT2D eigenvalue weighted by molar-refractivity contribution is 7.80. The van der Waals surface area contributed by atoms with E-state index in [1.165, 1.54) is 16.7 Å². The van der Waals surface area contributed by atoms with Crippen molar-refractivity contribution in [3.63, 3.8) is 0 Å². The maximum atomic E-state index is 12.9. The molecule has 0 radical (unpaired) electrons. The molecule has 0 N–H and O–H groups in total. The Morgan fingerprint density at radius 1 is 1.13 bits per heavy atom. The summed E-state index contributed by atoms with van der Waals surface area (Å²) in [5.74, 6) is 1.08. The molecule has 3 rings (SSSR count). The van der Waals surface area contributed by atoms with Crippen LogP contribution in [0.3, 0.4) is 0 Å². The highest BCUT2D eigenvalue weighted by atomic mass is 32.1. The van der Waals surface area contributed by atoms with Crippen molar-refractivity contribution in [3.05, 3.63) is 69.8 Å². The van der Waals surface area contributed by atoms with Gasteiger partial charge in [-0.15, -0.1) is 0 Å². The fourth-order valence-corrected chi connectivity index (χ4v) is 4.32. The molecule has 0 atom stereocenters. The zero-order valence-electron chi connectivity index (χ0n) is 18.5. The summed E-state index contributed by atoms with van der Waals surface area (Å²) in [4.78, 5) is 15.9. The number of benzene rings is 2.